The van der Waals surface area contributed by atoms with Crippen LogP contribution in [0.1, 0.15) is 31.6 Å². The van der Waals surface area contributed by atoms with Crippen molar-refractivity contribution in [2.45, 2.75) is 31.7 Å². The highest BCUT2D eigenvalue weighted by molar-refractivity contribution is 5.80. The van der Waals surface area contributed by atoms with E-state index in [-0.39, 0.29) is 17.9 Å². The van der Waals surface area contributed by atoms with Gasteiger partial charge in [0.15, 0.2) is 0 Å². The number of likely N-dealkylation sites (tertiary alicyclic amines) is 1. The van der Waals surface area contributed by atoms with Crippen molar-refractivity contribution < 1.29 is 9.32 Å². The Morgan fingerprint density at radius 2 is 1.92 bits per heavy atom. The fourth-order valence-electron chi connectivity index (χ4n) is 3.17. The molecule has 1 amide bonds. The Morgan fingerprint density at radius 3 is 2.54 bits per heavy atom. The molecule has 24 heavy (non-hydrogen) atoms. The zero-order chi connectivity index (χ0) is 17.1. The van der Waals surface area contributed by atoms with E-state index in [1.165, 1.54) is 0 Å². The molecule has 1 aromatic heterocycles. The lowest BCUT2D eigenvalue weighted by molar-refractivity contribution is -0.134. The van der Waals surface area contributed by atoms with Crippen LogP contribution in [-0.2, 0) is 4.79 Å². The van der Waals surface area contributed by atoms with Gasteiger partial charge in [-0.05, 0) is 32.9 Å². The van der Waals surface area contributed by atoms with Gasteiger partial charge in [-0.1, -0.05) is 35.5 Å². The van der Waals surface area contributed by atoms with Gasteiger partial charge in [0.2, 0.25) is 17.6 Å². The summed E-state index contributed by atoms with van der Waals surface area (Å²) in [5, 5.41) is 4.11. The molecule has 0 radical (unpaired) electrons. The molecule has 0 N–H and O–H groups in total. The monoisotopic (exact) mass is 328 g/mol. The number of aromatic nitrogens is 2. The highest BCUT2D eigenvalue weighted by Crippen LogP contribution is 2.29. The molecule has 0 saturated carbocycles. The SMILES string of the molecule is CC(C(=O)N(C)C)N1CCC(c2nc(-c3ccccc3)no2)CC1. The molecule has 1 fully saturated rings. The van der Waals surface area contributed by atoms with Crippen LogP contribution in [0.4, 0.5) is 0 Å². The summed E-state index contributed by atoms with van der Waals surface area (Å²) in [7, 11) is 3.60. The van der Waals surface area contributed by atoms with Gasteiger partial charge in [0.1, 0.15) is 0 Å². The number of hydrogen-bond acceptors (Lipinski definition) is 5. The average molecular weight is 328 g/mol. The first-order valence-corrected chi connectivity index (χ1v) is 8.40. The third-order valence-electron chi connectivity index (χ3n) is 4.70. The average Bonchev–Trinajstić information content (AvgIpc) is 3.11. The molecule has 1 aliphatic rings. The number of hydrogen-bond donors (Lipinski definition) is 0. The predicted octanol–water partition coefficient (Wildman–Crippen LogP) is 2.39. The molecule has 1 aliphatic heterocycles. The Kier molecular flexibility index (Phi) is 4.94. The van der Waals surface area contributed by atoms with E-state index in [4.69, 9.17) is 4.52 Å². The number of nitrogens with zero attached hydrogens (tertiary/aromatic N) is 4. The van der Waals surface area contributed by atoms with Crippen LogP contribution in [0.2, 0.25) is 0 Å². The van der Waals surface area contributed by atoms with Crippen LogP contribution in [0.3, 0.4) is 0 Å². The first-order chi connectivity index (χ1) is 11.6. The van der Waals surface area contributed by atoms with Gasteiger partial charge in [-0.15, -0.1) is 0 Å². The standard InChI is InChI=1S/C18H24N4O2/c1-13(18(23)21(2)3)22-11-9-15(10-12-22)17-19-16(20-24-17)14-7-5-4-6-8-14/h4-8,13,15H,9-12H2,1-3H3. The summed E-state index contributed by atoms with van der Waals surface area (Å²) in [6, 6.07) is 9.78. The molecule has 0 bridgehead atoms. The second-order valence-corrected chi connectivity index (χ2v) is 6.54. The third-order valence-corrected chi connectivity index (χ3v) is 4.70. The summed E-state index contributed by atoms with van der Waals surface area (Å²) in [5.74, 6) is 1.77. The highest BCUT2D eigenvalue weighted by Gasteiger charge is 2.30. The van der Waals surface area contributed by atoms with Crippen molar-refractivity contribution in [1.82, 2.24) is 19.9 Å². The minimum atomic E-state index is -0.0801. The molecule has 1 aromatic carbocycles. The van der Waals surface area contributed by atoms with Crippen molar-refractivity contribution in [2.75, 3.05) is 27.2 Å². The number of carbonyl (C=O) groups is 1. The van der Waals surface area contributed by atoms with E-state index < -0.39 is 0 Å². The number of amides is 1. The van der Waals surface area contributed by atoms with Crippen molar-refractivity contribution in [3.63, 3.8) is 0 Å². The molecular formula is C18H24N4O2. The second-order valence-electron chi connectivity index (χ2n) is 6.54. The number of likely N-dealkylation sites (N-methyl/N-ethyl adjacent to an activating group) is 1. The molecule has 0 spiro atoms. The van der Waals surface area contributed by atoms with E-state index in [9.17, 15) is 4.79 Å². The zero-order valence-corrected chi connectivity index (χ0v) is 14.5. The maximum Gasteiger partial charge on any atom is 0.239 e. The molecule has 3 rings (SSSR count). The van der Waals surface area contributed by atoms with Crippen LogP contribution in [-0.4, -0.2) is 59.1 Å². The maximum absolute atomic E-state index is 12.1. The Hall–Kier alpha value is -2.21. The van der Waals surface area contributed by atoms with E-state index in [1.807, 2.05) is 37.3 Å². The Morgan fingerprint density at radius 1 is 1.25 bits per heavy atom. The fraction of sp³-hybridized carbons (Fsp3) is 0.500. The number of benzene rings is 1. The van der Waals surface area contributed by atoms with Gasteiger partial charge in [-0.2, -0.15) is 4.98 Å². The molecule has 2 heterocycles. The van der Waals surface area contributed by atoms with Crippen molar-refractivity contribution in [3.8, 4) is 11.4 Å². The third kappa shape index (κ3) is 3.48. The normalized spacial score (nSPS) is 17.6. The van der Waals surface area contributed by atoms with Gasteiger partial charge in [0.25, 0.3) is 0 Å². The first kappa shape index (κ1) is 16.6. The van der Waals surface area contributed by atoms with Crippen molar-refractivity contribution in [3.05, 3.63) is 36.2 Å². The van der Waals surface area contributed by atoms with Crippen molar-refractivity contribution in [1.29, 1.82) is 0 Å². The predicted molar refractivity (Wildman–Crippen MR) is 91.4 cm³/mol. The molecule has 1 atom stereocenters. The topological polar surface area (TPSA) is 62.5 Å². The van der Waals surface area contributed by atoms with E-state index in [2.05, 4.69) is 15.0 Å². The molecular weight excluding hydrogens is 304 g/mol. The van der Waals surface area contributed by atoms with Crippen LogP contribution in [0.15, 0.2) is 34.9 Å². The lowest BCUT2D eigenvalue weighted by Crippen LogP contribution is -2.47. The van der Waals surface area contributed by atoms with E-state index in [1.54, 1.807) is 19.0 Å². The highest BCUT2D eigenvalue weighted by atomic mass is 16.5. The lowest BCUT2D eigenvalue weighted by atomic mass is 9.95. The number of piperidine rings is 1. The summed E-state index contributed by atoms with van der Waals surface area (Å²) in [4.78, 5) is 20.5. The summed E-state index contributed by atoms with van der Waals surface area (Å²) in [6.45, 7) is 3.71. The minimum absolute atomic E-state index is 0.0801. The largest absolute Gasteiger partial charge is 0.347 e. The van der Waals surface area contributed by atoms with Crippen LogP contribution in [0.5, 0.6) is 0 Å². The van der Waals surface area contributed by atoms with Gasteiger partial charge in [0.05, 0.1) is 6.04 Å². The molecule has 128 valence electrons. The van der Waals surface area contributed by atoms with Gasteiger partial charge in [-0.25, -0.2) is 0 Å². The summed E-state index contributed by atoms with van der Waals surface area (Å²) < 4.78 is 5.49. The van der Waals surface area contributed by atoms with Crippen molar-refractivity contribution >= 4 is 5.91 Å². The van der Waals surface area contributed by atoms with Crippen LogP contribution >= 0.6 is 0 Å². The minimum Gasteiger partial charge on any atom is -0.347 e. The maximum atomic E-state index is 12.1. The Balaban J connectivity index is 1.61. The zero-order valence-electron chi connectivity index (χ0n) is 14.5. The molecule has 6 nitrogen and oxygen atoms in total. The van der Waals surface area contributed by atoms with Gasteiger partial charge < -0.3 is 9.42 Å². The Labute approximate surface area is 142 Å². The smallest absolute Gasteiger partial charge is 0.239 e. The molecule has 2 aromatic rings. The summed E-state index contributed by atoms with van der Waals surface area (Å²) in [6.07, 6.45) is 1.86. The first-order valence-electron chi connectivity index (χ1n) is 8.40. The fourth-order valence-corrected chi connectivity index (χ4v) is 3.17. The van der Waals surface area contributed by atoms with Crippen LogP contribution < -0.4 is 0 Å². The second kappa shape index (κ2) is 7.13. The molecule has 6 heteroatoms. The van der Waals surface area contributed by atoms with Crippen LogP contribution in [0, 0.1) is 0 Å². The van der Waals surface area contributed by atoms with Gasteiger partial charge in [-0.3, -0.25) is 9.69 Å². The lowest BCUT2D eigenvalue weighted by Gasteiger charge is -2.35. The van der Waals surface area contributed by atoms with Crippen LogP contribution in [0.25, 0.3) is 11.4 Å². The van der Waals surface area contributed by atoms with Gasteiger partial charge >= 0.3 is 0 Å². The number of rotatable bonds is 4. The quantitative estimate of drug-likeness (QED) is 0.862. The molecule has 0 aliphatic carbocycles. The molecule has 1 saturated heterocycles. The van der Waals surface area contributed by atoms with E-state index in [0.717, 1.165) is 31.5 Å². The summed E-state index contributed by atoms with van der Waals surface area (Å²) in [5.41, 5.74) is 0.968. The van der Waals surface area contributed by atoms with Crippen molar-refractivity contribution in [2.24, 2.45) is 0 Å². The van der Waals surface area contributed by atoms with Gasteiger partial charge in [0, 0.05) is 25.6 Å². The molecule has 1 unspecified atom stereocenters. The summed E-state index contributed by atoms with van der Waals surface area (Å²) >= 11 is 0. The van der Waals surface area contributed by atoms with E-state index in [0.29, 0.717) is 11.7 Å². The number of carbonyl (C=O) groups excluding carboxylic acids is 1. The van der Waals surface area contributed by atoms with E-state index >= 15 is 0 Å². The Bertz CT molecular complexity index is 675.